The van der Waals surface area contributed by atoms with Crippen LogP contribution < -0.4 is 15.1 Å². The number of aromatic nitrogens is 2. The van der Waals surface area contributed by atoms with E-state index in [1.165, 1.54) is 0 Å². The maximum absolute atomic E-state index is 12.4. The molecule has 3 aromatic rings. The van der Waals surface area contributed by atoms with E-state index < -0.39 is 0 Å². The molecule has 0 spiro atoms. The van der Waals surface area contributed by atoms with Crippen LogP contribution in [0.4, 0.5) is 17.2 Å². The number of amides is 1. The van der Waals surface area contributed by atoms with Gasteiger partial charge in [0.05, 0.1) is 23.5 Å². The molecule has 1 amide bonds. The normalized spacial score (nSPS) is 13.6. The van der Waals surface area contributed by atoms with Crippen molar-refractivity contribution in [3.05, 3.63) is 78.2 Å². The molecule has 1 saturated heterocycles. The number of nitriles is 1. The highest BCUT2D eigenvalue weighted by Crippen LogP contribution is 2.19. The van der Waals surface area contributed by atoms with Gasteiger partial charge in [0.2, 0.25) is 0 Å². The van der Waals surface area contributed by atoms with Gasteiger partial charge in [0, 0.05) is 38.1 Å². The summed E-state index contributed by atoms with van der Waals surface area (Å²) >= 11 is 0. The third-order valence-corrected chi connectivity index (χ3v) is 4.87. The SMILES string of the molecule is N#Cc1ccc(NC(=O)c2ccc(N3CCN(c4ccccn4)CC3)cn2)cc1. The largest absolute Gasteiger partial charge is 0.367 e. The van der Waals surface area contributed by atoms with Gasteiger partial charge < -0.3 is 15.1 Å². The average Bonchev–Trinajstić information content (AvgIpc) is 2.80. The number of anilines is 3. The number of nitrogens with one attached hydrogen (secondary N) is 1. The van der Waals surface area contributed by atoms with E-state index in [4.69, 9.17) is 5.26 Å². The van der Waals surface area contributed by atoms with E-state index in [1.807, 2.05) is 30.5 Å². The minimum atomic E-state index is -0.277. The number of hydrogen-bond acceptors (Lipinski definition) is 6. The zero-order valence-electron chi connectivity index (χ0n) is 15.8. The summed E-state index contributed by atoms with van der Waals surface area (Å²) in [7, 11) is 0. The van der Waals surface area contributed by atoms with Crippen LogP contribution in [-0.4, -0.2) is 42.1 Å². The predicted molar refractivity (Wildman–Crippen MR) is 112 cm³/mol. The molecule has 1 N–H and O–H groups in total. The number of nitrogens with zero attached hydrogens (tertiary/aromatic N) is 5. The minimum Gasteiger partial charge on any atom is -0.367 e. The lowest BCUT2D eigenvalue weighted by atomic mass is 10.2. The minimum absolute atomic E-state index is 0.277. The van der Waals surface area contributed by atoms with E-state index in [9.17, 15) is 4.79 Å². The van der Waals surface area contributed by atoms with E-state index >= 15 is 0 Å². The van der Waals surface area contributed by atoms with Gasteiger partial charge in [-0.25, -0.2) is 9.97 Å². The molecular weight excluding hydrogens is 364 g/mol. The van der Waals surface area contributed by atoms with Gasteiger partial charge in [0.15, 0.2) is 0 Å². The van der Waals surface area contributed by atoms with Crippen molar-refractivity contribution in [2.75, 3.05) is 41.3 Å². The fourth-order valence-electron chi connectivity index (χ4n) is 3.27. The smallest absolute Gasteiger partial charge is 0.274 e. The van der Waals surface area contributed by atoms with Crippen LogP contribution in [0.3, 0.4) is 0 Å². The molecule has 0 saturated carbocycles. The van der Waals surface area contributed by atoms with Gasteiger partial charge in [0.25, 0.3) is 5.91 Å². The molecule has 1 aliphatic heterocycles. The number of pyridine rings is 2. The van der Waals surface area contributed by atoms with E-state index in [2.05, 4.69) is 31.2 Å². The lowest BCUT2D eigenvalue weighted by Crippen LogP contribution is -2.46. The molecule has 0 unspecified atom stereocenters. The quantitative estimate of drug-likeness (QED) is 0.744. The van der Waals surface area contributed by atoms with Gasteiger partial charge >= 0.3 is 0 Å². The molecule has 3 heterocycles. The van der Waals surface area contributed by atoms with Crippen molar-refractivity contribution in [1.82, 2.24) is 9.97 Å². The summed E-state index contributed by atoms with van der Waals surface area (Å²) in [4.78, 5) is 25.7. The average molecular weight is 384 g/mol. The molecule has 1 aromatic carbocycles. The van der Waals surface area contributed by atoms with E-state index in [-0.39, 0.29) is 5.91 Å². The lowest BCUT2D eigenvalue weighted by molar-refractivity contribution is 0.102. The lowest BCUT2D eigenvalue weighted by Gasteiger charge is -2.36. The molecule has 1 aliphatic rings. The van der Waals surface area contributed by atoms with Crippen LogP contribution in [-0.2, 0) is 0 Å². The molecule has 0 radical (unpaired) electrons. The number of hydrogen-bond donors (Lipinski definition) is 1. The third-order valence-electron chi connectivity index (χ3n) is 4.87. The fraction of sp³-hybridized carbons (Fsp3) is 0.182. The third kappa shape index (κ3) is 4.33. The van der Waals surface area contributed by atoms with Crippen molar-refractivity contribution in [1.29, 1.82) is 5.26 Å². The van der Waals surface area contributed by atoms with Gasteiger partial charge in [-0.15, -0.1) is 0 Å². The summed E-state index contributed by atoms with van der Waals surface area (Å²) in [5.41, 5.74) is 2.53. The van der Waals surface area contributed by atoms with Gasteiger partial charge in [-0.05, 0) is 48.5 Å². The molecule has 0 atom stereocenters. The highest BCUT2D eigenvalue weighted by Gasteiger charge is 2.19. The first-order valence-electron chi connectivity index (χ1n) is 9.41. The molecular formula is C22H20N6O. The summed E-state index contributed by atoms with van der Waals surface area (Å²) in [5, 5.41) is 11.6. The van der Waals surface area contributed by atoms with Crippen LogP contribution in [0.1, 0.15) is 16.1 Å². The Labute approximate surface area is 169 Å². The van der Waals surface area contributed by atoms with Crippen LogP contribution in [0.15, 0.2) is 67.0 Å². The topological polar surface area (TPSA) is 85.2 Å². The highest BCUT2D eigenvalue weighted by molar-refractivity contribution is 6.02. The highest BCUT2D eigenvalue weighted by atomic mass is 16.1. The predicted octanol–water partition coefficient (Wildman–Crippen LogP) is 2.93. The summed E-state index contributed by atoms with van der Waals surface area (Å²) in [6.07, 6.45) is 3.55. The first-order valence-corrected chi connectivity index (χ1v) is 9.41. The zero-order valence-corrected chi connectivity index (χ0v) is 15.8. The number of carbonyl (C=O) groups excluding carboxylic acids is 1. The van der Waals surface area contributed by atoms with Crippen molar-refractivity contribution >= 4 is 23.1 Å². The van der Waals surface area contributed by atoms with Gasteiger partial charge in [-0.2, -0.15) is 5.26 Å². The van der Waals surface area contributed by atoms with E-state index in [0.29, 0.717) is 16.9 Å². The number of rotatable bonds is 4. The molecule has 144 valence electrons. The molecule has 7 heteroatoms. The van der Waals surface area contributed by atoms with Crippen LogP contribution in [0.2, 0.25) is 0 Å². The van der Waals surface area contributed by atoms with Crippen LogP contribution in [0.5, 0.6) is 0 Å². The Hall–Kier alpha value is -3.92. The Morgan fingerprint density at radius 3 is 2.31 bits per heavy atom. The molecule has 29 heavy (non-hydrogen) atoms. The first-order chi connectivity index (χ1) is 14.2. The Morgan fingerprint density at radius 1 is 0.931 bits per heavy atom. The van der Waals surface area contributed by atoms with Crippen molar-refractivity contribution in [3.8, 4) is 6.07 Å². The second-order valence-electron chi connectivity index (χ2n) is 6.71. The van der Waals surface area contributed by atoms with Crippen LogP contribution >= 0.6 is 0 Å². The second-order valence-corrected chi connectivity index (χ2v) is 6.71. The summed E-state index contributed by atoms with van der Waals surface area (Å²) in [6.45, 7) is 3.51. The standard InChI is InChI=1S/C22H20N6O/c23-15-17-4-6-18(7-5-17)26-22(29)20-9-8-19(16-25-20)27-11-13-28(14-12-27)21-3-1-2-10-24-21/h1-10,16H,11-14H2,(H,26,29). The monoisotopic (exact) mass is 384 g/mol. The number of piperazine rings is 1. The number of benzene rings is 1. The Kier molecular flexibility index (Phi) is 5.34. The van der Waals surface area contributed by atoms with Crippen LogP contribution in [0.25, 0.3) is 0 Å². The van der Waals surface area contributed by atoms with Gasteiger partial charge in [-0.1, -0.05) is 6.07 Å². The summed E-state index contributed by atoms with van der Waals surface area (Å²) in [5.74, 6) is 0.723. The Bertz CT molecular complexity index is 1000. The van der Waals surface area contributed by atoms with Crippen molar-refractivity contribution in [3.63, 3.8) is 0 Å². The molecule has 0 aliphatic carbocycles. The maximum atomic E-state index is 12.4. The maximum Gasteiger partial charge on any atom is 0.274 e. The Balaban J connectivity index is 1.35. The summed E-state index contributed by atoms with van der Waals surface area (Å²) in [6, 6.07) is 18.4. The van der Waals surface area contributed by atoms with Crippen molar-refractivity contribution in [2.24, 2.45) is 0 Å². The zero-order chi connectivity index (χ0) is 20.1. The van der Waals surface area contributed by atoms with Gasteiger partial charge in [-0.3, -0.25) is 4.79 Å². The molecule has 4 rings (SSSR count). The molecule has 0 bridgehead atoms. The number of carbonyl (C=O) groups is 1. The Morgan fingerprint density at radius 2 is 1.69 bits per heavy atom. The summed E-state index contributed by atoms with van der Waals surface area (Å²) < 4.78 is 0. The molecule has 7 nitrogen and oxygen atoms in total. The van der Waals surface area contributed by atoms with E-state index in [0.717, 1.165) is 37.7 Å². The van der Waals surface area contributed by atoms with Crippen LogP contribution in [0, 0.1) is 11.3 Å². The second kappa shape index (κ2) is 8.40. The first kappa shape index (κ1) is 18.4. The molecule has 1 fully saturated rings. The van der Waals surface area contributed by atoms with E-state index in [1.54, 1.807) is 36.5 Å². The van der Waals surface area contributed by atoms with Gasteiger partial charge in [0.1, 0.15) is 11.5 Å². The molecule has 2 aromatic heterocycles. The fourth-order valence-corrected chi connectivity index (χ4v) is 3.27. The van der Waals surface area contributed by atoms with Crippen molar-refractivity contribution < 1.29 is 4.79 Å². The van der Waals surface area contributed by atoms with Crippen molar-refractivity contribution in [2.45, 2.75) is 0 Å².